The van der Waals surface area contributed by atoms with Gasteiger partial charge in [0.2, 0.25) is 0 Å². The van der Waals surface area contributed by atoms with Crippen molar-refractivity contribution in [3.05, 3.63) is 35.9 Å². The van der Waals surface area contributed by atoms with Gasteiger partial charge >= 0.3 is 0 Å². The normalized spacial score (nSPS) is 28.2. The number of aliphatic hydroxyl groups excluding tert-OH is 2. The highest BCUT2D eigenvalue weighted by molar-refractivity contribution is 8.00. The van der Waals surface area contributed by atoms with Crippen LogP contribution >= 0.6 is 11.8 Å². The molecule has 0 amide bonds. The first-order valence-electron chi connectivity index (χ1n) is 7.37. The molecule has 4 atom stereocenters. The Morgan fingerprint density at radius 2 is 2.05 bits per heavy atom. The fraction of sp³-hybridized carbons (Fsp3) is 0.625. The maximum atomic E-state index is 9.54. The van der Waals surface area contributed by atoms with E-state index in [1.807, 2.05) is 7.05 Å². The van der Waals surface area contributed by atoms with E-state index in [2.05, 4.69) is 35.6 Å². The van der Waals surface area contributed by atoms with E-state index in [0.29, 0.717) is 23.0 Å². The molecule has 1 aliphatic carbocycles. The number of hydrogen-bond acceptors (Lipinski definition) is 4. The molecule has 3 nitrogen and oxygen atoms in total. The molecular weight excluding hydrogens is 270 g/mol. The fourth-order valence-corrected chi connectivity index (χ4v) is 4.41. The molecule has 4 unspecified atom stereocenters. The quantitative estimate of drug-likeness (QED) is 0.751. The molecule has 20 heavy (non-hydrogen) atoms. The van der Waals surface area contributed by atoms with E-state index in [1.54, 1.807) is 11.8 Å². The Hall–Kier alpha value is -0.550. The summed E-state index contributed by atoms with van der Waals surface area (Å²) in [6, 6.07) is 11.2. The average Bonchev–Trinajstić information content (AvgIpc) is 2.53. The third kappa shape index (κ3) is 4.22. The number of rotatable bonds is 6. The number of nitrogens with one attached hydrogen (secondary N) is 1. The Labute approximate surface area is 125 Å². The first kappa shape index (κ1) is 15.8. The molecule has 3 N–H and O–H groups in total. The molecule has 1 aromatic rings. The van der Waals surface area contributed by atoms with E-state index in [-0.39, 0.29) is 6.61 Å². The lowest BCUT2D eigenvalue weighted by molar-refractivity contribution is 0.113. The second-order valence-corrected chi connectivity index (χ2v) is 6.80. The molecule has 0 aromatic heterocycles. The van der Waals surface area contributed by atoms with Crippen molar-refractivity contribution in [2.75, 3.05) is 19.4 Å². The van der Waals surface area contributed by atoms with Crippen molar-refractivity contribution in [3.8, 4) is 0 Å². The molecule has 4 heteroatoms. The van der Waals surface area contributed by atoms with E-state index in [0.717, 1.165) is 6.42 Å². The van der Waals surface area contributed by atoms with E-state index in [1.165, 1.54) is 18.4 Å². The van der Waals surface area contributed by atoms with Crippen molar-refractivity contribution < 1.29 is 10.2 Å². The van der Waals surface area contributed by atoms with Crippen LogP contribution in [0.5, 0.6) is 0 Å². The lowest BCUT2D eigenvalue weighted by atomic mass is 9.81. The third-order valence-corrected chi connectivity index (χ3v) is 5.67. The standard InChI is InChI=1S/C16H25NO2S/c1-17-15-8-7-13(12-5-3-2-4-6-12)9-16(15)20-11-14(19)10-18/h2-6,13-19H,7-11H2,1H3. The van der Waals surface area contributed by atoms with Gasteiger partial charge in [-0.2, -0.15) is 11.8 Å². The largest absolute Gasteiger partial charge is 0.394 e. The van der Waals surface area contributed by atoms with Crippen molar-refractivity contribution in [3.63, 3.8) is 0 Å². The molecule has 112 valence electrons. The zero-order valence-corrected chi connectivity index (χ0v) is 12.9. The van der Waals surface area contributed by atoms with Gasteiger partial charge in [-0.25, -0.2) is 0 Å². The van der Waals surface area contributed by atoms with Crippen LogP contribution in [0.3, 0.4) is 0 Å². The minimum atomic E-state index is -0.602. The van der Waals surface area contributed by atoms with Gasteiger partial charge in [0.25, 0.3) is 0 Å². The van der Waals surface area contributed by atoms with Gasteiger partial charge in [-0.3, -0.25) is 0 Å². The van der Waals surface area contributed by atoms with Crippen molar-refractivity contribution in [2.24, 2.45) is 0 Å². The van der Waals surface area contributed by atoms with Crippen LogP contribution in [0.4, 0.5) is 0 Å². The minimum absolute atomic E-state index is 0.147. The van der Waals surface area contributed by atoms with Crippen LogP contribution in [0.15, 0.2) is 30.3 Å². The van der Waals surface area contributed by atoms with Gasteiger partial charge in [0.05, 0.1) is 12.7 Å². The van der Waals surface area contributed by atoms with E-state index in [9.17, 15) is 5.11 Å². The first-order valence-corrected chi connectivity index (χ1v) is 8.42. The van der Waals surface area contributed by atoms with E-state index in [4.69, 9.17) is 5.11 Å². The maximum absolute atomic E-state index is 9.54. The Morgan fingerprint density at radius 1 is 1.30 bits per heavy atom. The molecule has 1 aliphatic rings. The molecule has 0 saturated heterocycles. The van der Waals surface area contributed by atoms with Gasteiger partial charge in [-0.1, -0.05) is 30.3 Å². The molecular formula is C16H25NO2S. The summed E-state index contributed by atoms with van der Waals surface area (Å²) in [4.78, 5) is 0. The van der Waals surface area contributed by atoms with Crippen LogP contribution in [0, 0.1) is 0 Å². The number of benzene rings is 1. The molecule has 0 bridgehead atoms. The van der Waals surface area contributed by atoms with Crippen LogP contribution in [0.25, 0.3) is 0 Å². The highest BCUT2D eigenvalue weighted by Crippen LogP contribution is 2.38. The van der Waals surface area contributed by atoms with Gasteiger partial charge in [0.15, 0.2) is 0 Å². The molecule has 0 radical (unpaired) electrons. The molecule has 1 fully saturated rings. The first-order chi connectivity index (χ1) is 9.74. The predicted octanol–water partition coefficient (Wildman–Crippen LogP) is 2.00. The average molecular weight is 295 g/mol. The van der Waals surface area contributed by atoms with Crippen molar-refractivity contribution in [1.82, 2.24) is 5.32 Å². The molecule has 1 saturated carbocycles. The summed E-state index contributed by atoms with van der Waals surface area (Å²) in [6.45, 7) is -0.147. The van der Waals surface area contributed by atoms with E-state index < -0.39 is 6.10 Å². The summed E-state index contributed by atoms with van der Waals surface area (Å²) in [5.74, 6) is 1.23. The molecule has 2 rings (SSSR count). The Kier molecular flexibility index (Phi) is 6.36. The summed E-state index contributed by atoms with van der Waals surface area (Å²) < 4.78 is 0. The van der Waals surface area contributed by atoms with Crippen LogP contribution < -0.4 is 5.32 Å². The Bertz CT molecular complexity index is 387. The fourth-order valence-electron chi connectivity index (χ4n) is 2.96. The topological polar surface area (TPSA) is 52.5 Å². The van der Waals surface area contributed by atoms with Crippen LogP contribution in [-0.2, 0) is 0 Å². The van der Waals surface area contributed by atoms with Crippen LogP contribution in [0.1, 0.15) is 30.7 Å². The van der Waals surface area contributed by atoms with Gasteiger partial charge in [0.1, 0.15) is 0 Å². The van der Waals surface area contributed by atoms with Gasteiger partial charge in [0, 0.05) is 17.0 Å². The van der Waals surface area contributed by atoms with Gasteiger partial charge < -0.3 is 15.5 Å². The Morgan fingerprint density at radius 3 is 2.70 bits per heavy atom. The zero-order valence-electron chi connectivity index (χ0n) is 12.0. The van der Waals surface area contributed by atoms with Gasteiger partial charge in [-0.05, 0) is 37.8 Å². The van der Waals surface area contributed by atoms with Crippen molar-refractivity contribution in [2.45, 2.75) is 42.6 Å². The second-order valence-electron chi connectivity index (χ2n) is 5.52. The van der Waals surface area contributed by atoms with Crippen molar-refractivity contribution >= 4 is 11.8 Å². The summed E-state index contributed by atoms with van der Waals surface area (Å²) in [5.41, 5.74) is 1.43. The lowest BCUT2D eigenvalue weighted by Gasteiger charge is -2.36. The summed E-state index contributed by atoms with van der Waals surface area (Å²) in [6.07, 6.45) is 2.92. The van der Waals surface area contributed by atoms with Gasteiger partial charge in [-0.15, -0.1) is 0 Å². The monoisotopic (exact) mass is 295 g/mol. The number of hydrogen-bond donors (Lipinski definition) is 3. The predicted molar refractivity (Wildman–Crippen MR) is 85.2 cm³/mol. The Balaban J connectivity index is 1.96. The zero-order chi connectivity index (χ0) is 14.4. The third-order valence-electron chi connectivity index (χ3n) is 4.15. The molecule has 0 heterocycles. The summed E-state index contributed by atoms with van der Waals surface area (Å²) in [7, 11) is 2.02. The highest BCUT2D eigenvalue weighted by atomic mass is 32.2. The maximum Gasteiger partial charge on any atom is 0.0861 e. The summed E-state index contributed by atoms with van der Waals surface area (Å²) >= 11 is 1.79. The molecule has 1 aromatic carbocycles. The lowest BCUT2D eigenvalue weighted by Crippen LogP contribution is -2.41. The second kappa shape index (κ2) is 8.03. The van der Waals surface area contributed by atoms with Crippen molar-refractivity contribution in [1.29, 1.82) is 0 Å². The van der Waals surface area contributed by atoms with E-state index >= 15 is 0 Å². The number of thioether (sulfide) groups is 1. The smallest absolute Gasteiger partial charge is 0.0861 e. The SMILES string of the molecule is CNC1CCC(c2ccccc2)CC1SCC(O)CO. The van der Waals surface area contributed by atoms with Crippen LogP contribution in [-0.4, -0.2) is 47.0 Å². The molecule has 0 aliphatic heterocycles. The molecule has 0 spiro atoms. The van der Waals surface area contributed by atoms with Crippen LogP contribution in [0.2, 0.25) is 0 Å². The highest BCUT2D eigenvalue weighted by Gasteiger charge is 2.30. The minimum Gasteiger partial charge on any atom is -0.394 e. The number of aliphatic hydroxyl groups is 2. The summed E-state index contributed by atoms with van der Waals surface area (Å²) in [5, 5.41) is 22.4.